The molecule has 8 nitrogen and oxygen atoms in total. The molecule has 2 aliphatic heterocycles. The van der Waals surface area contributed by atoms with Crippen molar-refractivity contribution < 1.29 is 24.2 Å². The molecule has 3 heterocycles. The number of ether oxygens (including phenoxy) is 2. The van der Waals surface area contributed by atoms with E-state index in [2.05, 4.69) is 10.2 Å². The van der Waals surface area contributed by atoms with Crippen LogP contribution >= 0.6 is 34.7 Å². The molecule has 5 aromatic rings. The summed E-state index contributed by atoms with van der Waals surface area (Å²) < 4.78 is 12.6. The van der Waals surface area contributed by atoms with Crippen molar-refractivity contribution in [2.45, 2.75) is 42.2 Å². The van der Waals surface area contributed by atoms with Gasteiger partial charge in [-0.05, 0) is 71.6 Å². The van der Waals surface area contributed by atoms with E-state index in [9.17, 15) is 14.7 Å². The number of aliphatic hydroxyl groups is 1. The highest BCUT2D eigenvalue weighted by atomic mass is 35.5. The number of benzene rings is 4. The molecule has 1 fully saturated rings. The van der Waals surface area contributed by atoms with Crippen molar-refractivity contribution >= 4 is 57.3 Å². The van der Waals surface area contributed by atoms with Crippen LogP contribution in [0.3, 0.4) is 0 Å². The van der Waals surface area contributed by atoms with Gasteiger partial charge in [-0.3, -0.25) is 14.5 Å². The van der Waals surface area contributed by atoms with Crippen LogP contribution in [0.15, 0.2) is 107 Å². The maximum Gasteiger partial charge on any atom is 0.301 e. The van der Waals surface area contributed by atoms with Crippen molar-refractivity contribution in [2.24, 2.45) is 0 Å². The van der Waals surface area contributed by atoms with E-state index < -0.39 is 17.7 Å². The summed E-state index contributed by atoms with van der Waals surface area (Å²) in [6.07, 6.45) is 0.687. The molecular formula is C36H28ClN3O5S2. The van der Waals surface area contributed by atoms with Gasteiger partial charge in [-0.2, -0.15) is 0 Å². The molecule has 0 spiro atoms. The van der Waals surface area contributed by atoms with Crippen molar-refractivity contribution in [1.82, 2.24) is 10.2 Å². The zero-order valence-electron chi connectivity index (χ0n) is 25.1. The number of rotatable bonds is 9. The van der Waals surface area contributed by atoms with E-state index in [1.165, 1.54) is 28.0 Å². The van der Waals surface area contributed by atoms with E-state index in [1.54, 1.807) is 24.3 Å². The lowest BCUT2D eigenvalue weighted by atomic mass is 9.94. The second kappa shape index (κ2) is 13.2. The van der Waals surface area contributed by atoms with E-state index in [0.717, 1.165) is 22.4 Å². The van der Waals surface area contributed by atoms with Crippen LogP contribution in [0.4, 0.5) is 5.13 Å². The fourth-order valence-electron chi connectivity index (χ4n) is 5.67. The number of carbonyl (C=O) groups excluding carboxylic acids is 2. The average Bonchev–Trinajstić information content (AvgIpc) is 3.78. The van der Waals surface area contributed by atoms with Crippen molar-refractivity contribution in [3.8, 4) is 11.5 Å². The van der Waals surface area contributed by atoms with Crippen LogP contribution in [-0.4, -0.2) is 33.1 Å². The summed E-state index contributed by atoms with van der Waals surface area (Å²) in [5, 5.41) is 21.3. The van der Waals surface area contributed by atoms with Crippen LogP contribution in [0.5, 0.6) is 11.5 Å². The monoisotopic (exact) mass is 681 g/mol. The zero-order valence-corrected chi connectivity index (χ0v) is 27.5. The first kappa shape index (κ1) is 31.0. The summed E-state index contributed by atoms with van der Waals surface area (Å²) in [5.41, 5.74) is 3.95. The van der Waals surface area contributed by atoms with Crippen molar-refractivity contribution in [3.05, 3.63) is 135 Å². The standard InChI is InChI=1S/C36H28ClN3O5S2/c1-21-16-26-17-25(12-15-29(26)45-21)32(41)30-31(24-8-5-9-28(18-24)44-19-22-6-3-2-4-7-22)40(34(43)33(30)42)35-38-39-36(47-35)46-20-23-10-13-27(37)14-11-23/h2-15,17-18,21,31,41H,16,19-20H2,1H3. The first-order valence-electron chi connectivity index (χ1n) is 14.9. The van der Waals surface area contributed by atoms with Crippen molar-refractivity contribution in [1.29, 1.82) is 0 Å². The maximum absolute atomic E-state index is 13.8. The Morgan fingerprint density at radius 3 is 2.62 bits per heavy atom. The summed E-state index contributed by atoms with van der Waals surface area (Å²) >= 11 is 8.70. The number of nitrogens with zero attached hydrogens (tertiary/aromatic N) is 3. The van der Waals surface area contributed by atoms with Gasteiger partial charge in [-0.15, -0.1) is 10.2 Å². The first-order chi connectivity index (χ1) is 22.8. The van der Waals surface area contributed by atoms with Gasteiger partial charge in [0.2, 0.25) is 5.13 Å². The number of thioether (sulfide) groups is 1. The van der Waals surface area contributed by atoms with E-state index in [1.807, 2.05) is 79.7 Å². The molecule has 1 amide bonds. The van der Waals surface area contributed by atoms with Gasteiger partial charge in [-0.25, -0.2) is 0 Å². The largest absolute Gasteiger partial charge is 0.507 e. The molecule has 4 aromatic carbocycles. The minimum Gasteiger partial charge on any atom is -0.507 e. The third-order valence-electron chi connectivity index (χ3n) is 7.91. The summed E-state index contributed by atoms with van der Waals surface area (Å²) in [4.78, 5) is 28.9. The number of Topliss-reactive ketones (excluding diaryl/α,β-unsaturated/α-hetero) is 1. The zero-order chi connectivity index (χ0) is 32.5. The van der Waals surface area contributed by atoms with E-state index in [4.69, 9.17) is 21.1 Å². The molecule has 11 heteroatoms. The van der Waals surface area contributed by atoms with Crippen LogP contribution in [0, 0.1) is 0 Å². The second-order valence-electron chi connectivity index (χ2n) is 11.2. The van der Waals surface area contributed by atoms with Gasteiger partial charge in [0.15, 0.2) is 4.34 Å². The van der Waals surface area contributed by atoms with Crippen LogP contribution in [0.2, 0.25) is 5.02 Å². The van der Waals surface area contributed by atoms with E-state index in [-0.39, 0.29) is 22.6 Å². The Kier molecular flexibility index (Phi) is 8.72. The number of hydrogen-bond donors (Lipinski definition) is 1. The highest BCUT2D eigenvalue weighted by molar-refractivity contribution is 8.00. The normalized spacial score (nSPS) is 18.3. The Bertz CT molecular complexity index is 2000. The van der Waals surface area contributed by atoms with Gasteiger partial charge in [0.05, 0.1) is 11.6 Å². The number of fused-ring (bicyclic) bond motifs is 1. The van der Waals surface area contributed by atoms with Crippen LogP contribution in [0.25, 0.3) is 5.76 Å². The van der Waals surface area contributed by atoms with Gasteiger partial charge >= 0.3 is 5.91 Å². The summed E-state index contributed by atoms with van der Waals surface area (Å²) in [6, 6.07) is 28.8. The lowest BCUT2D eigenvalue weighted by molar-refractivity contribution is -0.132. The Morgan fingerprint density at radius 2 is 1.81 bits per heavy atom. The highest BCUT2D eigenvalue weighted by Crippen LogP contribution is 2.45. The van der Waals surface area contributed by atoms with Crippen LogP contribution < -0.4 is 14.4 Å². The predicted octanol–water partition coefficient (Wildman–Crippen LogP) is 8.01. The molecule has 0 bridgehead atoms. The molecule has 2 unspecified atom stereocenters. The van der Waals surface area contributed by atoms with Gasteiger partial charge in [-0.1, -0.05) is 89.3 Å². The van der Waals surface area contributed by atoms with E-state index >= 15 is 0 Å². The number of ketones is 1. The Labute approximate surface area is 284 Å². The molecule has 2 atom stereocenters. The Balaban J connectivity index is 1.25. The summed E-state index contributed by atoms with van der Waals surface area (Å²) in [7, 11) is 0. The van der Waals surface area contributed by atoms with Gasteiger partial charge < -0.3 is 14.6 Å². The number of aromatic nitrogens is 2. The van der Waals surface area contributed by atoms with Gasteiger partial charge in [0, 0.05) is 22.8 Å². The second-order valence-corrected chi connectivity index (χ2v) is 13.9. The third-order valence-corrected chi connectivity index (χ3v) is 10.3. The minimum absolute atomic E-state index is 0.00997. The van der Waals surface area contributed by atoms with Crippen LogP contribution in [-0.2, 0) is 28.4 Å². The first-order valence-corrected chi connectivity index (χ1v) is 17.1. The molecule has 0 saturated carbocycles. The number of halogens is 1. The highest BCUT2D eigenvalue weighted by Gasteiger charge is 2.48. The summed E-state index contributed by atoms with van der Waals surface area (Å²) in [6.45, 7) is 2.31. The maximum atomic E-state index is 13.8. The molecular weight excluding hydrogens is 654 g/mol. The quantitative estimate of drug-likeness (QED) is 0.0549. The lowest BCUT2D eigenvalue weighted by Gasteiger charge is -2.23. The molecule has 236 valence electrons. The number of amides is 1. The predicted molar refractivity (Wildman–Crippen MR) is 183 cm³/mol. The van der Waals surface area contributed by atoms with Crippen LogP contribution in [0.1, 0.15) is 40.8 Å². The lowest BCUT2D eigenvalue weighted by Crippen LogP contribution is -2.29. The van der Waals surface area contributed by atoms with Gasteiger partial charge in [0.25, 0.3) is 5.78 Å². The molecule has 2 aliphatic rings. The topological polar surface area (TPSA) is 102 Å². The molecule has 0 aliphatic carbocycles. The molecule has 1 N–H and O–H groups in total. The Morgan fingerprint density at radius 1 is 1.00 bits per heavy atom. The number of hydrogen-bond acceptors (Lipinski definition) is 9. The van der Waals surface area contributed by atoms with E-state index in [0.29, 0.717) is 45.0 Å². The Hall–Kier alpha value is -4.64. The molecule has 1 saturated heterocycles. The fourth-order valence-corrected chi connectivity index (χ4v) is 7.62. The molecule has 0 radical (unpaired) electrons. The number of carbonyl (C=O) groups is 2. The smallest absolute Gasteiger partial charge is 0.301 e. The number of aliphatic hydroxyl groups excluding tert-OH is 1. The average molecular weight is 682 g/mol. The van der Waals surface area contributed by atoms with Crippen molar-refractivity contribution in [3.63, 3.8) is 0 Å². The van der Waals surface area contributed by atoms with Gasteiger partial charge in [0.1, 0.15) is 30.0 Å². The van der Waals surface area contributed by atoms with Crippen molar-refractivity contribution in [2.75, 3.05) is 4.90 Å². The summed E-state index contributed by atoms with van der Waals surface area (Å²) in [5.74, 6) is 0.0456. The molecule has 47 heavy (non-hydrogen) atoms. The minimum atomic E-state index is -0.972. The molecule has 7 rings (SSSR count). The third kappa shape index (κ3) is 6.49. The number of anilines is 1. The fraction of sp³-hybridized carbons (Fsp3) is 0.167. The molecule has 1 aromatic heterocycles. The SMILES string of the molecule is CC1Cc2cc(C(O)=C3C(=O)C(=O)N(c4nnc(SCc5ccc(Cl)cc5)s4)C3c3cccc(OCc4ccccc4)c3)ccc2O1.